The molecule has 0 saturated heterocycles. The molecule has 0 aliphatic carbocycles. The Balaban J connectivity index is 1.95. The van der Waals surface area contributed by atoms with Crippen molar-refractivity contribution in [1.29, 1.82) is 0 Å². The SMILES string of the molecule is C[C@@H](NC(c1ccccc1)c1cccc(C(=O)NS(C)(=O)=O)c1)c1ccccc1. The highest BCUT2D eigenvalue weighted by Crippen LogP contribution is 2.26. The second-order valence-electron chi connectivity index (χ2n) is 6.97. The van der Waals surface area contributed by atoms with E-state index in [1.807, 2.05) is 59.3 Å². The van der Waals surface area contributed by atoms with Crippen molar-refractivity contribution in [2.45, 2.75) is 19.0 Å². The van der Waals surface area contributed by atoms with Crippen molar-refractivity contribution in [1.82, 2.24) is 10.0 Å². The summed E-state index contributed by atoms with van der Waals surface area (Å²) in [7, 11) is -3.63. The zero-order chi connectivity index (χ0) is 20.9. The van der Waals surface area contributed by atoms with Gasteiger partial charge in [-0.3, -0.25) is 10.1 Å². The second kappa shape index (κ2) is 9.03. The van der Waals surface area contributed by atoms with Gasteiger partial charge in [0.15, 0.2) is 0 Å². The van der Waals surface area contributed by atoms with Gasteiger partial charge in [0.2, 0.25) is 10.0 Å². The lowest BCUT2D eigenvalue weighted by Gasteiger charge is -2.25. The van der Waals surface area contributed by atoms with Crippen molar-refractivity contribution in [2.75, 3.05) is 6.26 Å². The van der Waals surface area contributed by atoms with E-state index in [9.17, 15) is 13.2 Å². The minimum Gasteiger partial charge on any atom is -0.300 e. The average molecular weight is 409 g/mol. The van der Waals surface area contributed by atoms with Crippen LogP contribution in [0.5, 0.6) is 0 Å². The molecule has 0 aliphatic heterocycles. The van der Waals surface area contributed by atoms with E-state index in [0.717, 1.165) is 22.9 Å². The fourth-order valence-electron chi connectivity index (χ4n) is 3.21. The molecule has 0 spiro atoms. The van der Waals surface area contributed by atoms with Crippen LogP contribution in [-0.4, -0.2) is 20.6 Å². The van der Waals surface area contributed by atoms with E-state index in [1.54, 1.807) is 18.2 Å². The molecule has 3 aromatic carbocycles. The smallest absolute Gasteiger partial charge is 0.264 e. The van der Waals surface area contributed by atoms with Crippen molar-refractivity contribution in [3.63, 3.8) is 0 Å². The molecule has 3 rings (SSSR count). The lowest BCUT2D eigenvalue weighted by Crippen LogP contribution is -2.30. The minimum atomic E-state index is -3.63. The Kier molecular flexibility index (Phi) is 6.46. The van der Waals surface area contributed by atoms with Crippen LogP contribution in [0.1, 0.15) is 46.1 Å². The van der Waals surface area contributed by atoms with Crippen molar-refractivity contribution in [2.24, 2.45) is 0 Å². The standard InChI is InChI=1S/C23H24N2O3S/c1-17(18-10-5-3-6-11-18)24-22(19-12-7-4-8-13-19)20-14-9-15-21(16-20)23(26)25-29(2,27)28/h3-17,22,24H,1-2H3,(H,25,26)/t17-,22?/m1/s1. The summed E-state index contributed by atoms with van der Waals surface area (Å²) < 4.78 is 24.8. The second-order valence-corrected chi connectivity index (χ2v) is 8.72. The van der Waals surface area contributed by atoms with Gasteiger partial charge in [-0.25, -0.2) is 13.1 Å². The highest BCUT2D eigenvalue weighted by Gasteiger charge is 2.19. The summed E-state index contributed by atoms with van der Waals surface area (Å²) >= 11 is 0. The van der Waals surface area contributed by atoms with E-state index < -0.39 is 15.9 Å². The molecule has 1 unspecified atom stereocenters. The van der Waals surface area contributed by atoms with Crippen LogP contribution in [0.25, 0.3) is 0 Å². The monoisotopic (exact) mass is 408 g/mol. The van der Waals surface area contributed by atoms with Gasteiger partial charge in [0.05, 0.1) is 12.3 Å². The highest BCUT2D eigenvalue weighted by atomic mass is 32.2. The molecule has 1 amide bonds. The van der Waals surface area contributed by atoms with Gasteiger partial charge in [-0.1, -0.05) is 72.8 Å². The lowest BCUT2D eigenvalue weighted by molar-refractivity contribution is 0.0981. The summed E-state index contributed by atoms with van der Waals surface area (Å²) in [5.74, 6) is -0.641. The maximum absolute atomic E-state index is 12.3. The van der Waals surface area contributed by atoms with Gasteiger partial charge < -0.3 is 0 Å². The molecule has 0 radical (unpaired) electrons. The molecule has 2 atom stereocenters. The van der Waals surface area contributed by atoms with Gasteiger partial charge in [-0.05, 0) is 35.7 Å². The normalized spacial score (nSPS) is 13.4. The first kappa shape index (κ1) is 20.8. The zero-order valence-electron chi connectivity index (χ0n) is 16.4. The Morgan fingerprint density at radius 2 is 1.34 bits per heavy atom. The predicted octanol–water partition coefficient (Wildman–Crippen LogP) is 3.82. The number of carbonyl (C=O) groups is 1. The van der Waals surface area contributed by atoms with E-state index in [0.29, 0.717) is 5.56 Å². The summed E-state index contributed by atoms with van der Waals surface area (Å²) in [4.78, 5) is 12.3. The third-order valence-electron chi connectivity index (χ3n) is 4.61. The molecule has 0 fully saturated rings. The molecular formula is C23H24N2O3S. The number of carbonyl (C=O) groups excluding carboxylic acids is 1. The van der Waals surface area contributed by atoms with E-state index in [4.69, 9.17) is 0 Å². The Bertz CT molecular complexity index is 1070. The number of nitrogens with one attached hydrogen (secondary N) is 2. The molecule has 29 heavy (non-hydrogen) atoms. The van der Waals surface area contributed by atoms with E-state index in [-0.39, 0.29) is 12.1 Å². The maximum Gasteiger partial charge on any atom is 0.264 e. The van der Waals surface area contributed by atoms with Crippen molar-refractivity contribution < 1.29 is 13.2 Å². The molecule has 0 aromatic heterocycles. The van der Waals surface area contributed by atoms with Gasteiger partial charge in [0.25, 0.3) is 5.91 Å². The van der Waals surface area contributed by atoms with Crippen LogP contribution >= 0.6 is 0 Å². The first-order valence-corrected chi connectivity index (χ1v) is 11.2. The number of hydrogen-bond donors (Lipinski definition) is 2. The summed E-state index contributed by atoms with van der Waals surface area (Å²) in [5, 5.41) is 3.63. The van der Waals surface area contributed by atoms with Crippen molar-refractivity contribution in [3.05, 3.63) is 107 Å². The Labute approximate surface area is 171 Å². The summed E-state index contributed by atoms with van der Waals surface area (Å²) in [6, 6.07) is 27.0. The molecule has 0 bridgehead atoms. The Morgan fingerprint density at radius 3 is 1.93 bits per heavy atom. The summed E-state index contributed by atoms with van der Waals surface area (Å²) in [6.45, 7) is 2.09. The van der Waals surface area contributed by atoms with Crippen LogP contribution in [0, 0.1) is 0 Å². The molecule has 0 heterocycles. The topological polar surface area (TPSA) is 75.3 Å². The lowest BCUT2D eigenvalue weighted by atomic mass is 9.95. The summed E-state index contributed by atoms with van der Waals surface area (Å²) in [6.07, 6.45) is 0.963. The quantitative estimate of drug-likeness (QED) is 0.623. The van der Waals surface area contributed by atoms with Crippen LogP contribution in [0.2, 0.25) is 0 Å². The van der Waals surface area contributed by atoms with E-state index in [2.05, 4.69) is 24.4 Å². The molecule has 6 heteroatoms. The van der Waals surface area contributed by atoms with Gasteiger partial charge in [-0.2, -0.15) is 0 Å². The van der Waals surface area contributed by atoms with Crippen LogP contribution in [0.15, 0.2) is 84.9 Å². The zero-order valence-corrected chi connectivity index (χ0v) is 17.2. The van der Waals surface area contributed by atoms with Crippen LogP contribution in [0.4, 0.5) is 0 Å². The first-order valence-electron chi connectivity index (χ1n) is 9.31. The Morgan fingerprint density at radius 1 is 0.793 bits per heavy atom. The largest absolute Gasteiger partial charge is 0.300 e. The van der Waals surface area contributed by atoms with Gasteiger partial charge in [0, 0.05) is 11.6 Å². The third kappa shape index (κ3) is 5.76. The van der Waals surface area contributed by atoms with Crippen LogP contribution in [-0.2, 0) is 10.0 Å². The molecule has 0 saturated carbocycles. The van der Waals surface area contributed by atoms with Crippen molar-refractivity contribution in [3.8, 4) is 0 Å². The number of benzene rings is 3. The highest BCUT2D eigenvalue weighted by molar-refractivity contribution is 7.89. The number of hydrogen-bond acceptors (Lipinski definition) is 4. The molecule has 0 aliphatic rings. The van der Waals surface area contributed by atoms with Crippen LogP contribution < -0.4 is 10.0 Å². The molecular weight excluding hydrogens is 384 g/mol. The van der Waals surface area contributed by atoms with Crippen molar-refractivity contribution >= 4 is 15.9 Å². The molecule has 5 nitrogen and oxygen atoms in total. The first-order chi connectivity index (χ1) is 13.8. The maximum atomic E-state index is 12.3. The summed E-state index contributed by atoms with van der Waals surface area (Å²) in [5.41, 5.74) is 3.37. The predicted molar refractivity (Wildman–Crippen MR) is 115 cm³/mol. The molecule has 150 valence electrons. The number of sulfonamides is 1. The third-order valence-corrected chi connectivity index (χ3v) is 5.17. The minimum absolute atomic E-state index is 0.0647. The number of rotatable bonds is 7. The van der Waals surface area contributed by atoms with Gasteiger partial charge in [-0.15, -0.1) is 0 Å². The van der Waals surface area contributed by atoms with Gasteiger partial charge >= 0.3 is 0 Å². The van der Waals surface area contributed by atoms with E-state index in [1.165, 1.54) is 0 Å². The fourth-order valence-corrected chi connectivity index (χ4v) is 3.66. The fraction of sp³-hybridized carbons (Fsp3) is 0.174. The van der Waals surface area contributed by atoms with Crippen LogP contribution in [0.3, 0.4) is 0 Å². The molecule has 3 aromatic rings. The number of amides is 1. The molecule has 2 N–H and O–H groups in total. The average Bonchev–Trinajstić information content (AvgIpc) is 2.72. The van der Waals surface area contributed by atoms with E-state index >= 15 is 0 Å². The Hall–Kier alpha value is -2.96. The van der Waals surface area contributed by atoms with Gasteiger partial charge in [0.1, 0.15) is 0 Å².